The first-order chi connectivity index (χ1) is 25.6. The molecule has 0 atom stereocenters. The van der Waals surface area contributed by atoms with Gasteiger partial charge in [0.25, 0.3) is 0 Å². The molecule has 0 bridgehead atoms. The summed E-state index contributed by atoms with van der Waals surface area (Å²) in [6.45, 7) is 15.5. The second-order valence-corrected chi connectivity index (χ2v) is 15.8. The van der Waals surface area contributed by atoms with E-state index in [9.17, 15) is 4.79 Å². The van der Waals surface area contributed by atoms with Crippen molar-refractivity contribution in [3.8, 4) is 0 Å². The van der Waals surface area contributed by atoms with Crippen molar-refractivity contribution in [2.75, 3.05) is 4.90 Å². The molecule has 0 radical (unpaired) electrons. The Kier molecular flexibility index (Phi) is 7.64. The van der Waals surface area contributed by atoms with E-state index in [2.05, 4.69) is 124 Å². The fraction of sp³-hybridized carbons (Fsp3) is 0.208. The molecule has 1 aliphatic heterocycles. The maximum atomic E-state index is 15.4. The molecule has 1 aliphatic rings. The summed E-state index contributed by atoms with van der Waals surface area (Å²) in [6, 6.07) is 39.9. The van der Waals surface area contributed by atoms with Gasteiger partial charge in [-0.05, 0) is 101 Å². The van der Waals surface area contributed by atoms with E-state index in [4.69, 9.17) is 0 Å². The van der Waals surface area contributed by atoms with Crippen molar-refractivity contribution in [2.24, 2.45) is 0 Å². The molecule has 9 rings (SSSR count). The van der Waals surface area contributed by atoms with E-state index in [0.717, 1.165) is 39.0 Å². The Hall–Kier alpha value is -5.68. The maximum absolute atomic E-state index is 15.4. The zero-order valence-corrected chi connectivity index (χ0v) is 31.5. The zero-order valence-electron chi connectivity index (χ0n) is 31.5. The van der Waals surface area contributed by atoms with Crippen LogP contribution in [0.3, 0.4) is 0 Å². The molecule has 0 spiro atoms. The summed E-state index contributed by atoms with van der Waals surface area (Å²) < 4.78 is 2.18. The van der Waals surface area contributed by atoms with E-state index in [1.165, 1.54) is 27.7 Å². The molecule has 3 heterocycles. The van der Waals surface area contributed by atoms with Gasteiger partial charge < -0.3 is 9.30 Å². The zero-order chi connectivity index (χ0) is 36.9. The van der Waals surface area contributed by atoms with Crippen molar-refractivity contribution < 1.29 is 0 Å². The van der Waals surface area contributed by atoms with E-state index < -0.39 is 0 Å². The van der Waals surface area contributed by atoms with Crippen LogP contribution < -0.4 is 32.1 Å². The van der Waals surface area contributed by atoms with Gasteiger partial charge in [-0.1, -0.05) is 119 Å². The number of aryl methyl sites for hydroxylation is 1. The first-order valence-corrected chi connectivity index (χ1v) is 19.0. The molecule has 260 valence electrons. The SMILES string of the molecule is Cc1ccc(N2c3ccccc3B(c3c(C(C)C)cc(C(C)C)cc3C(C)C)c3c2cc2c(=O)c4ccccc4n4c5ccccc5c(=O)c3c24)cc1. The van der Waals surface area contributed by atoms with Crippen LogP contribution in [0, 0.1) is 6.92 Å². The minimum absolute atomic E-state index is 0.0404. The molecule has 2 aromatic heterocycles. The molecular weight excluding hydrogens is 647 g/mol. The number of para-hydroxylation sites is 3. The highest BCUT2D eigenvalue weighted by atomic mass is 16.1. The lowest BCUT2D eigenvalue weighted by atomic mass is 9.32. The number of hydrogen-bond donors (Lipinski definition) is 0. The molecule has 8 aromatic rings. The van der Waals surface area contributed by atoms with Crippen LogP contribution in [0.1, 0.15) is 81.5 Å². The van der Waals surface area contributed by atoms with Gasteiger partial charge in [0.2, 0.25) is 6.71 Å². The smallest absolute Gasteiger partial charge is 0.248 e. The lowest BCUT2D eigenvalue weighted by Gasteiger charge is -2.39. The third-order valence-electron chi connectivity index (χ3n) is 11.6. The Balaban J connectivity index is 1.58. The van der Waals surface area contributed by atoms with Gasteiger partial charge in [-0.25, -0.2) is 0 Å². The van der Waals surface area contributed by atoms with Crippen molar-refractivity contribution in [1.29, 1.82) is 0 Å². The molecule has 0 aliphatic carbocycles. The van der Waals surface area contributed by atoms with Crippen molar-refractivity contribution in [3.05, 3.63) is 158 Å². The van der Waals surface area contributed by atoms with Crippen molar-refractivity contribution >= 4 is 78.3 Å². The highest BCUT2D eigenvalue weighted by Crippen LogP contribution is 2.40. The monoisotopic (exact) mass is 690 g/mol. The highest BCUT2D eigenvalue weighted by molar-refractivity contribution is 7.00. The molecule has 4 nitrogen and oxygen atoms in total. The number of rotatable bonds is 5. The second kappa shape index (κ2) is 12.2. The fourth-order valence-corrected chi connectivity index (χ4v) is 8.99. The van der Waals surface area contributed by atoms with E-state index in [1.54, 1.807) is 0 Å². The second-order valence-electron chi connectivity index (χ2n) is 15.8. The van der Waals surface area contributed by atoms with E-state index in [1.807, 2.05) is 48.5 Å². The third-order valence-corrected chi connectivity index (χ3v) is 11.6. The Morgan fingerprint density at radius 3 is 1.72 bits per heavy atom. The number of nitrogens with zero attached hydrogens (tertiary/aromatic N) is 2. The Morgan fingerprint density at radius 1 is 0.547 bits per heavy atom. The quantitative estimate of drug-likeness (QED) is 0.103. The lowest BCUT2D eigenvalue weighted by molar-refractivity contribution is 0.812. The molecule has 0 fully saturated rings. The van der Waals surface area contributed by atoms with Crippen LogP contribution in [0.4, 0.5) is 17.1 Å². The molecule has 0 unspecified atom stereocenters. The van der Waals surface area contributed by atoms with Gasteiger partial charge >= 0.3 is 0 Å². The van der Waals surface area contributed by atoms with Gasteiger partial charge in [0, 0.05) is 38.6 Å². The van der Waals surface area contributed by atoms with Crippen LogP contribution in [0.5, 0.6) is 0 Å². The van der Waals surface area contributed by atoms with Gasteiger partial charge in [0.15, 0.2) is 10.9 Å². The van der Waals surface area contributed by atoms with Gasteiger partial charge in [0.1, 0.15) is 0 Å². The topological polar surface area (TPSA) is 41.8 Å². The molecule has 0 saturated heterocycles. The predicted molar refractivity (Wildman–Crippen MR) is 226 cm³/mol. The van der Waals surface area contributed by atoms with Crippen LogP contribution >= 0.6 is 0 Å². The Morgan fingerprint density at radius 2 is 1.11 bits per heavy atom. The summed E-state index contributed by atoms with van der Waals surface area (Å²) in [5.74, 6) is 0.845. The number of aromatic nitrogens is 1. The first kappa shape index (κ1) is 33.2. The van der Waals surface area contributed by atoms with Crippen molar-refractivity contribution in [1.82, 2.24) is 4.40 Å². The average Bonchev–Trinajstić information content (AvgIpc) is 3.16. The van der Waals surface area contributed by atoms with Crippen LogP contribution in [0.25, 0.3) is 38.1 Å². The number of hydrogen-bond acceptors (Lipinski definition) is 3. The molecular formula is C48H43BN2O2. The van der Waals surface area contributed by atoms with Crippen LogP contribution in [0.15, 0.2) is 125 Å². The standard InChI is InChI=1S/C48H43BN2O2/c1-27(2)31-24-35(28(3)4)44(36(25-31)29(5)6)49-38-16-10-13-19-41(38)50(32-22-20-30(7)21-23-32)42-26-37-46-43(45(42)49)48(53)34-15-9-12-18-40(34)51(46)39-17-11-8-14-33(39)47(37)52/h8-29H,1-7H3. The summed E-state index contributed by atoms with van der Waals surface area (Å²) in [5.41, 5.74) is 13.6. The van der Waals surface area contributed by atoms with E-state index in [0.29, 0.717) is 33.0 Å². The minimum Gasteiger partial charge on any atom is -0.311 e. The molecule has 0 saturated carbocycles. The van der Waals surface area contributed by atoms with Crippen LogP contribution in [-0.4, -0.2) is 11.1 Å². The van der Waals surface area contributed by atoms with Crippen LogP contribution in [0.2, 0.25) is 0 Å². The molecule has 0 amide bonds. The van der Waals surface area contributed by atoms with Gasteiger partial charge in [-0.15, -0.1) is 0 Å². The average molecular weight is 691 g/mol. The van der Waals surface area contributed by atoms with Crippen LogP contribution in [-0.2, 0) is 0 Å². The summed E-state index contributed by atoms with van der Waals surface area (Å²) in [4.78, 5) is 32.5. The lowest BCUT2D eigenvalue weighted by Crippen LogP contribution is -2.60. The number of pyridine rings is 2. The molecule has 6 aromatic carbocycles. The van der Waals surface area contributed by atoms with Gasteiger partial charge in [-0.2, -0.15) is 0 Å². The van der Waals surface area contributed by atoms with Gasteiger partial charge in [-0.3, -0.25) is 9.59 Å². The Bertz CT molecular complexity index is 2840. The summed E-state index contributed by atoms with van der Waals surface area (Å²) in [7, 11) is 0. The van der Waals surface area contributed by atoms with Crippen molar-refractivity contribution in [2.45, 2.75) is 66.2 Å². The van der Waals surface area contributed by atoms with E-state index >= 15 is 4.79 Å². The predicted octanol–water partition coefficient (Wildman–Crippen LogP) is 9.54. The van der Waals surface area contributed by atoms with Gasteiger partial charge in [0.05, 0.1) is 16.6 Å². The maximum Gasteiger partial charge on any atom is 0.248 e. The number of fused-ring (bicyclic) bond motifs is 7. The summed E-state index contributed by atoms with van der Waals surface area (Å²) in [5, 5.41) is 2.45. The Labute approximate surface area is 310 Å². The largest absolute Gasteiger partial charge is 0.311 e. The number of anilines is 3. The highest BCUT2D eigenvalue weighted by Gasteiger charge is 2.41. The molecule has 0 N–H and O–H groups in total. The van der Waals surface area contributed by atoms with E-state index in [-0.39, 0.29) is 29.4 Å². The first-order valence-electron chi connectivity index (χ1n) is 19.0. The minimum atomic E-state index is -0.262. The van der Waals surface area contributed by atoms with Crippen molar-refractivity contribution in [3.63, 3.8) is 0 Å². The summed E-state index contributed by atoms with van der Waals surface area (Å²) >= 11 is 0. The molecule has 53 heavy (non-hydrogen) atoms. The number of benzene rings is 6. The third kappa shape index (κ3) is 4.83. The fourth-order valence-electron chi connectivity index (χ4n) is 8.99. The normalized spacial score (nSPS) is 13.0. The summed E-state index contributed by atoms with van der Waals surface area (Å²) in [6.07, 6.45) is 0. The molecule has 5 heteroatoms.